The van der Waals surface area contributed by atoms with Crippen molar-refractivity contribution in [1.29, 1.82) is 0 Å². The molecule has 1 aliphatic heterocycles. The maximum atomic E-state index is 12.5. The van der Waals surface area contributed by atoms with Gasteiger partial charge in [0.2, 0.25) is 6.41 Å². The van der Waals surface area contributed by atoms with E-state index < -0.39 is 0 Å². The number of hydrogen-bond acceptors (Lipinski definition) is 5. The van der Waals surface area contributed by atoms with Crippen LogP contribution in [0.1, 0.15) is 22.4 Å². The summed E-state index contributed by atoms with van der Waals surface area (Å²) in [6.07, 6.45) is 2.45. The van der Waals surface area contributed by atoms with Crippen molar-refractivity contribution >= 4 is 62.7 Å². The minimum atomic E-state index is -0.332. The highest BCUT2D eigenvalue weighted by molar-refractivity contribution is 14.1. The van der Waals surface area contributed by atoms with E-state index in [9.17, 15) is 9.59 Å². The first-order chi connectivity index (χ1) is 16.6. The number of fused-ring (bicyclic) bond motifs is 1. The fourth-order valence-electron chi connectivity index (χ4n) is 3.90. The molecule has 2 heterocycles. The van der Waals surface area contributed by atoms with E-state index in [1.807, 2.05) is 42.5 Å². The predicted octanol–water partition coefficient (Wildman–Crippen LogP) is 5.53. The summed E-state index contributed by atoms with van der Waals surface area (Å²) in [7, 11) is 0. The van der Waals surface area contributed by atoms with Gasteiger partial charge in [-0.25, -0.2) is 4.79 Å². The molecule has 178 valence electrons. The Hall–Kier alpha value is -2.47. The summed E-state index contributed by atoms with van der Waals surface area (Å²) in [6, 6.07) is 17.4. The Kier molecular flexibility index (Phi) is 8.91. The zero-order valence-corrected chi connectivity index (χ0v) is 21.7. The van der Waals surface area contributed by atoms with Crippen molar-refractivity contribution < 1.29 is 14.3 Å². The average molecular weight is 590 g/mol. The molecule has 34 heavy (non-hydrogen) atoms. The lowest BCUT2D eigenvalue weighted by Crippen LogP contribution is -2.31. The molecule has 3 amide bonds. The Morgan fingerprint density at radius 1 is 1.12 bits per heavy atom. The maximum Gasteiger partial charge on any atom is 0.324 e. The number of thiophene rings is 1. The SMILES string of the molecule is O=CNc1c(NC(=O)Nc2ccc(I)cc2)sc2c1CCN(CCCOCc1ccccc1)C2. The Bertz CT molecular complexity index is 1110. The molecule has 0 atom stereocenters. The van der Waals surface area contributed by atoms with Crippen LogP contribution in [0.25, 0.3) is 0 Å². The van der Waals surface area contributed by atoms with Crippen LogP contribution in [0.4, 0.5) is 21.2 Å². The third-order valence-corrected chi connectivity index (χ3v) is 7.39. The van der Waals surface area contributed by atoms with Gasteiger partial charge in [0.15, 0.2) is 0 Å². The normalized spacial score (nSPS) is 13.2. The smallest absolute Gasteiger partial charge is 0.324 e. The van der Waals surface area contributed by atoms with E-state index in [1.165, 1.54) is 21.8 Å². The van der Waals surface area contributed by atoms with Gasteiger partial charge in [0.1, 0.15) is 5.00 Å². The van der Waals surface area contributed by atoms with Crippen molar-refractivity contribution in [2.45, 2.75) is 26.0 Å². The highest BCUT2D eigenvalue weighted by atomic mass is 127. The number of hydrogen-bond donors (Lipinski definition) is 3. The number of carbonyl (C=O) groups excluding carboxylic acids is 2. The first-order valence-electron chi connectivity index (χ1n) is 11.1. The second kappa shape index (κ2) is 12.3. The van der Waals surface area contributed by atoms with Crippen molar-refractivity contribution in [3.05, 3.63) is 74.2 Å². The molecule has 7 nitrogen and oxygen atoms in total. The van der Waals surface area contributed by atoms with E-state index in [1.54, 1.807) is 0 Å². The Balaban J connectivity index is 1.30. The summed E-state index contributed by atoms with van der Waals surface area (Å²) in [5.74, 6) is 0. The molecule has 0 saturated carbocycles. The van der Waals surface area contributed by atoms with Crippen LogP contribution in [0.3, 0.4) is 0 Å². The van der Waals surface area contributed by atoms with Gasteiger partial charge in [0.05, 0.1) is 12.3 Å². The average Bonchev–Trinajstić information content (AvgIpc) is 3.17. The van der Waals surface area contributed by atoms with E-state index >= 15 is 0 Å². The quantitative estimate of drug-likeness (QED) is 0.165. The van der Waals surface area contributed by atoms with Crippen molar-refractivity contribution in [3.63, 3.8) is 0 Å². The van der Waals surface area contributed by atoms with Gasteiger partial charge < -0.3 is 15.4 Å². The minimum absolute atomic E-state index is 0.332. The molecule has 1 aliphatic rings. The highest BCUT2D eigenvalue weighted by Crippen LogP contribution is 2.41. The lowest BCUT2D eigenvalue weighted by Gasteiger charge is -2.27. The van der Waals surface area contributed by atoms with Gasteiger partial charge in [0, 0.05) is 40.4 Å². The number of benzene rings is 2. The summed E-state index contributed by atoms with van der Waals surface area (Å²) in [5, 5.41) is 9.21. The number of carbonyl (C=O) groups is 2. The number of rotatable bonds is 10. The van der Waals surface area contributed by atoms with Crippen LogP contribution in [-0.2, 0) is 29.1 Å². The zero-order valence-electron chi connectivity index (χ0n) is 18.7. The summed E-state index contributed by atoms with van der Waals surface area (Å²) in [5.41, 5.74) is 3.71. The van der Waals surface area contributed by atoms with Crippen LogP contribution >= 0.6 is 33.9 Å². The molecular formula is C25H27IN4O3S. The topological polar surface area (TPSA) is 82.7 Å². The molecule has 4 rings (SSSR count). The first-order valence-corrected chi connectivity index (χ1v) is 13.0. The summed E-state index contributed by atoms with van der Waals surface area (Å²) >= 11 is 3.74. The monoisotopic (exact) mass is 590 g/mol. The van der Waals surface area contributed by atoms with Gasteiger partial charge >= 0.3 is 6.03 Å². The molecule has 3 aromatic rings. The highest BCUT2D eigenvalue weighted by Gasteiger charge is 2.25. The van der Waals surface area contributed by atoms with Crippen molar-refractivity contribution in [1.82, 2.24) is 4.90 Å². The lowest BCUT2D eigenvalue weighted by molar-refractivity contribution is -0.105. The van der Waals surface area contributed by atoms with Crippen LogP contribution in [0.5, 0.6) is 0 Å². The van der Waals surface area contributed by atoms with Crippen molar-refractivity contribution in [2.24, 2.45) is 0 Å². The second-order valence-electron chi connectivity index (χ2n) is 7.97. The maximum absolute atomic E-state index is 12.5. The number of amides is 3. The van der Waals surface area contributed by atoms with Gasteiger partial charge in [-0.2, -0.15) is 0 Å². The van der Waals surface area contributed by atoms with Crippen molar-refractivity contribution in [2.75, 3.05) is 35.6 Å². The number of anilines is 3. The van der Waals surface area contributed by atoms with Gasteiger partial charge in [-0.3, -0.25) is 15.0 Å². The summed E-state index contributed by atoms with van der Waals surface area (Å²) in [4.78, 5) is 27.3. The molecular weight excluding hydrogens is 563 g/mol. The number of nitrogens with one attached hydrogen (secondary N) is 3. The molecule has 2 aromatic carbocycles. The van der Waals surface area contributed by atoms with E-state index in [-0.39, 0.29) is 6.03 Å². The third-order valence-electron chi connectivity index (χ3n) is 5.54. The Morgan fingerprint density at radius 2 is 1.91 bits per heavy atom. The largest absolute Gasteiger partial charge is 0.377 e. The first kappa shape index (κ1) is 24.6. The van der Waals surface area contributed by atoms with Gasteiger partial charge in [-0.1, -0.05) is 30.3 Å². The lowest BCUT2D eigenvalue weighted by atomic mass is 10.1. The fourth-order valence-corrected chi connectivity index (χ4v) is 5.51. The van der Waals surface area contributed by atoms with Gasteiger partial charge in [0.25, 0.3) is 0 Å². The molecule has 0 unspecified atom stereocenters. The standard InChI is InChI=1S/C25H27IN4O3S/c26-19-7-9-20(10-8-19)28-25(32)29-24-23(27-17-31)21-11-13-30(15-22(21)34-24)12-4-14-33-16-18-5-2-1-3-6-18/h1-3,5-10,17H,4,11-16H2,(H,27,31)(H2,28,29,32). The molecule has 0 spiro atoms. The molecule has 1 aromatic heterocycles. The van der Waals surface area contributed by atoms with Crippen LogP contribution in [0.2, 0.25) is 0 Å². The van der Waals surface area contributed by atoms with E-state index in [0.717, 1.165) is 41.6 Å². The number of urea groups is 1. The zero-order chi connectivity index (χ0) is 23.8. The number of ether oxygens (including phenoxy) is 1. The predicted molar refractivity (Wildman–Crippen MR) is 146 cm³/mol. The molecule has 0 saturated heterocycles. The van der Waals surface area contributed by atoms with Crippen LogP contribution in [-0.4, -0.2) is 37.0 Å². The molecule has 3 N–H and O–H groups in total. The Labute approximate surface area is 217 Å². The van der Waals surface area contributed by atoms with Crippen LogP contribution in [0.15, 0.2) is 54.6 Å². The summed E-state index contributed by atoms with van der Waals surface area (Å²) in [6.45, 7) is 4.00. The third kappa shape index (κ3) is 6.78. The molecule has 0 bridgehead atoms. The van der Waals surface area contributed by atoms with Gasteiger partial charge in [-0.15, -0.1) is 11.3 Å². The Morgan fingerprint density at radius 3 is 2.68 bits per heavy atom. The number of nitrogens with zero attached hydrogens (tertiary/aromatic N) is 1. The fraction of sp³-hybridized carbons (Fsp3) is 0.280. The minimum Gasteiger partial charge on any atom is -0.377 e. The van der Waals surface area contributed by atoms with E-state index in [2.05, 4.69) is 55.6 Å². The summed E-state index contributed by atoms with van der Waals surface area (Å²) < 4.78 is 6.90. The van der Waals surface area contributed by atoms with E-state index in [0.29, 0.717) is 36.0 Å². The second-order valence-corrected chi connectivity index (χ2v) is 10.3. The van der Waals surface area contributed by atoms with E-state index in [4.69, 9.17) is 4.74 Å². The van der Waals surface area contributed by atoms with Crippen molar-refractivity contribution in [3.8, 4) is 0 Å². The van der Waals surface area contributed by atoms with Crippen LogP contribution in [0, 0.1) is 3.57 Å². The van der Waals surface area contributed by atoms with Crippen LogP contribution < -0.4 is 16.0 Å². The molecule has 0 fully saturated rings. The molecule has 0 radical (unpaired) electrons. The molecule has 0 aliphatic carbocycles. The van der Waals surface area contributed by atoms with Gasteiger partial charge in [-0.05, 0) is 70.8 Å². The number of halogens is 1. The molecule has 9 heteroatoms.